The number of carbonyl (C=O) groups is 2. The molecule has 0 radical (unpaired) electrons. The van der Waals surface area contributed by atoms with E-state index >= 15 is 0 Å². The zero-order valence-corrected chi connectivity index (χ0v) is 22.1. The van der Waals surface area contributed by atoms with Crippen LogP contribution in [0.15, 0.2) is 24.4 Å². The van der Waals surface area contributed by atoms with Crippen molar-refractivity contribution in [1.82, 2.24) is 20.2 Å². The summed E-state index contributed by atoms with van der Waals surface area (Å²) in [6, 6.07) is 4.63. The van der Waals surface area contributed by atoms with Crippen LogP contribution in [0.1, 0.15) is 42.8 Å². The summed E-state index contributed by atoms with van der Waals surface area (Å²) in [5, 5.41) is 6.77. The largest absolute Gasteiger partial charge is 0.433 e. The molecule has 7 nitrogen and oxygen atoms in total. The fraction of sp³-hybridized carbons (Fsp3) is 0.481. The highest BCUT2D eigenvalue weighted by Gasteiger charge is 2.72. The van der Waals surface area contributed by atoms with Crippen molar-refractivity contribution < 1.29 is 22.8 Å². The Morgan fingerprint density at radius 2 is 1.95 bits per heavy atom. The molecule has 3 aromatic rings. The zero-order valence-electron chi connectivity index (χ0n) is 21.3. The Labute approximate surface area is 221 Å². The highest BCUT2D eigenvalue weighted by Crippen LogP contribution is 2.63. The van der Waals surface area contributed by atoms with E-state index in [2.05, 4.69) is 20.6 Å². The first-order valence-corrected chi connectivity index (χ1v) is 13.6. The maximum Gasteiger partial charge on any atom is 0.433 e. The van der Waals surface area contributed by atoms with E-state index in [1.54, 1.807) is 25.3 Å². The highest BCUT2D eigenvalue weighted by molar-refractivity contribution is 7.19. The van der Waals surface area contributed by atoms with E-state index in [0.29, 0.717) is 33.6 Å². The third kappa shape index (κ3) is 4.07. The summed E-state index contributed by atoms with van der Waals surface area (Å²) >= 11 is 1.33. The van der Waals surface area contributed by atoms with Crippen LogP contribution >= 0.6 is 11.3 Å². The molecule has 2 amide bonds. The van der Waals surface area contributed by atoms with Gasteiger partial charge in [0.1, 0.15) is 5.69 Å². The number of anilines is 1. The second-order valence-corrected chi connectivity index (χ2v) is 12.2. The highest BCUT2D eigenvalue weighted by atomic mass is 32.1. The van der Waals surface area contributed by atoms with E-state index < -0.39 is 11.9 Å². The number of aromatic nitrogens is 2. The number of fused-ring (bicyclic) bond motifs is 2. The van der Waals surface area contributed by atoms with Crippen molar-refractivity contribution in [1.29, 1.82) is 0 Å². The molecule has 0 aromatic carbocycles. The normalized spacial score (nSPS) is 24.7. The van der Waals surface area contributed by atoms with Gasteiger partial charge in [-0.1, -0.05) is 13.8 Å². The Morgan fingerprint density at radius 1 is 1.21 bits per heavy atom. The molecule has 3 aliphatic rings. The van der Waals surface area contributed by atoms with E-state index in [9.17, 15) is 22.8 Å². The monoisotopic (exact) mass is 543 g/mol. The molecule has 1 aliphatic carbocycles. The van der Waals surface area contributed by atoms with Crippen molar-refractivity contribution in [2.24, 2.45) is 17.3 Å². The average Bonchev–Trinajstić information content (AvgIpc) is 3.10. The van der Waals surface area contributed by atoms with Gasteiger partial charge < -0.3 is 10.6 Å². The van der Waals surface area contributed by atoms with Gasteiger partial charge in [-0.25, -0.2) is 4.98 Å². The molecule has 6 rings (SSSR count). The SMILES string of the molecule is Cc1cc(C(F)(F)F)nc(-c2ccnc3cc(CN4C(=O)C5C(C4=O)C5(C)C)sc23)c1NC1CCCNC1. The van der Waals surface area contributed by atoms with E-state index in [4.69, 9.17) is 0 Å². The number of likely N-dealkylation sites (tertiary alicyclic amines) is 1. The molecule has 0 spiro atoms. The fourth-order valence-electron chi connectivity index (χ4n) is 5.94. The predicted molar refractivity (Wildman–Crippen MR) is 138 cm³/mol. The molecular weight excluding hydrogens is 515 g/mol. The number of alkyl halides is 3. The quantitative estimate of drug-likeness (QED) is 0.441. The molecule has 3 fully saturated rings. The number of nitrogens with zero attached hydrogens (tertiary/aromatic N) is 3. The summed E-state index contributed by atoms with van der Waals surface area (Å²) in [4.78, 5) is 36.3. The molecule has 0 bridgehead atoms. The van der Waals surface area contributed by atoms with Crippen LogP contribution < -0.4 is 10.6 Å². The Kier molecular flexibility index (Phi) is 5.80. The lowest BCUT2D eigenvalue weighted by Gasteiger charge is -2.27. The lowest BCUT2D eigenvalue weighted by Crippen LogP contribution is -2.38. The standard InChI is InChI=1S/C27H28F3N5O2S/c1-13-9-18(27(28,29)30)34-22(21(13)33-14-5-4-7-31-11-14)16-6-8-32-17-10-15(38-23(16)17)12-35-24(36)19-20(25(35)37)26(19,2)3/h6,8-10,14,19-20,31,33H,4-5,7,11-12H2,1-3H3. The number of amides is 2. The first-order chi connectivity index (χ1) is 18.0. The fourth-order valence-corrected chi connectivity index (χ4v) is 7.06. The van der Waals surface area contributed by atoms with Crippen molar-refractivity contribution in [3.05, 3.63) is 40.5 Å². The minimum absolute atomic E-state index is 0.0684. The van der Waals surface area contributed by atoms with Crippen molar-refractivity contribution >= 4 is 39.1 Å². The van der Waals surface area contributed by atoms with Crippen LogP contribution in [0.3, 0.4) is 0 Å². The van der Waals surface area contributed by atoms with Crippen LogP contribution in [0.2, 0.25) is 0 Å². The van der Waals surface area contributed by atoms with Crippen LogP contribution in [0, 0.1) is 24.2 Å². The average molecular weight is 544 g/mol. The second kappa shape index (κ2) is 8.74. The maximum absolute atomic E-state index is 13.8. The maximum atomic E-state index is 13.8. The molecule has 1 saturated carbocycles. The molecule has 2 saturated heterocycles. The van der Waals surface area contributed by atoms with Crippen molar-refractivity contribution in [3.8, 4) is 11.3 Å². The van der Waals surface area contributed by atoms with Crippen LogP contribution in [0.4, 0.5) is 18.9 Å². The lowest BCUT2D eigenvalue weighted by molar-refractivity contribution is -0.144. The third-order valence-electron chi connectivity index (χ3n) is 8.08. The predicted octanol–water partition coefficient (Wildman–Crippen LogP) is 4.99. The van der Waals surface area contributed by atoms with Gasteiger partial charge in [0.25, 0.3) is 0 Å². The Bertz CT molecular complexity index is 1440. The number of carbonyl (C=O) groups excluding carboxylic acids is 2. The number of halogens is 3. The van der Waals surface area contributed by atoms with Crippen LogP contribution in [-0.4, -0.2) is 45.8 Å². The van der Waals surface area contributed by atoms with Crippen molar-refractivity contribution in [2.45, 2.75) is 52.4 Å². The first-order valence-electron chi connectivity index (χ1n) is 12.8. The topological polar surface area (TPSA) is 87.2 Å². The van der Waals surface area contributed by atoms with Gasteiger partial charge in [0, 0.05) is 29.2 Å². The van der Waals surface area contributed by atoms with Gasteiger partial charge in [-0.05, 0) is 55.5 Å². The number of nitrogens with one attached hydrogen (secondary N) is 2. The van der Waals surface area contributed by atoms with E-state index in [-0.39, 0.29) is 47.3 Å². The molecule has 2 N–H and O–H groups in total. The summed E-state index contributed by atoms with van der Waals surface area (Å²) in [7, 11) is 0. The summed E-state index contributed by atoms with van der Waals surface area (Å²) in [5.41, 5.74) is 1.15. The van der Waals surface area contributed by atoms with Gasteiger partial charge in [-0.3, -0.25) is 19.5 Å². The van der Waals surface area contributed by atoms with Gasteiger partial charge >= 0.3 is 6.18 Å². The molecular formula is C27H28F3N5O2S. The minimum Gasteiger partial charge on any atom is -0.379 e. The molecule has 2 aliphatic heterocycles. The first kappa shape index (κ1) is 25.2. The Balaban J connectivity index is 1.39. The summed E-state index contributed by atoms with van der Waals surface area (Å²) in [6.45, 7) is 7.29. The Hall–Kier alpha value is -3.05. The van der Waals surface area contributed by atoms with Gasteiger partial charge in [0.2, 0.25) is 11.8 Å². The van der Waals surface area contributed by atoms with Crippen LogP contribution in [0.5, 0.6) is 0 Å². The summed E-state index contributed by atoms with van der Waals surface area (Å²) < 4.78 is 42.0. The zero-order chi connectivity index (χ0) is 27.0. The number of hydrogen-bond acceptors (Lipinski definition) is 7. The number of hydrogen-bond donors (Lipinski definition) is 2. The third-order valence-corrected chi connectivity index (χ3v) is 9.22. The molecule has 11 heteroatoms. The summed E-state index contributed by atoms with van der Waals surface area (Å²) in [6.07, 6.45) is -1.16. The minimum atomic E-state index is -4.59. The van der Waals surface area contributed by atoms with Gasteiger partial charge in [-0.2, -0.15) is 13.2 Å². The van der Waals surface area contributed by atoms with E-state index in [1.165, 1.54) is 16.2 Å². The molecule has 5 heterocycles. The number of rotatable bonds is 5. The van der Waals surface area contributed by atoms with E-state index in [1.807, 2.05) is 13.8 Å². The lowest BCUT2D eigenvalue weighted by atomic mass is 10.0. The summed E-state index contributed by atoms with van der Waals surface area (Å²) in [5.74, 6) is -0.840. The second-order valence-electron chi connectivity index (χ2n) is 11.1. The number of aryl methyl sites for hydroxylation is 1. The van der Waals surface area contributed by atoms with Gasteiger partial charge in [0.05, 0.1) is 40.0 Å². The number of piperidine rings is 2. The van der Waals surface area contributed by atoms with Crippen LogP contribution in [-0.2, 0) is 22.3 Å². The van der Waals surface area contributed by atoms with Crippen LogP contribution in [0.25, 0.3) is 21.5 Å². The van der Waals surface area contributed by atoms with Crippen molar-refractivity contribution in [2.75, 3.05) is 18.4 Å². The number of pyridine rings is 2. The number of thiophene rings is 1. The van der Waals surface area contributed by atoms with Gasteiger partial charge in [-0.15, -0.1) is 11.3 Å². The molecule has 3 atom stereocenters. The molecule has 200 valence electrons. The molecule has 38 heavy (non-hydrogen) atoms. The Morgan fingerprint density at radius 3 is 2.61 bits per heavy atom. The number of imide groups is 1. The van der Waals surface area contributed by atoms with Gasteiger partial charge in [0.15, 0.2) is 0 Å². The van der Waals surface area contributed by atoms with E-state index in [0.717, 1.165) is 30.3 Å². The molecule has 3 aromatic heterocycles. The van der Waals surface area contributed by atoms with Crippen molar-refractivity contribution in [3.63, 3.8) is 0 Å². The smallest absolute Gasteiger partial charge is 0.379 e. The molecule has 3 unspecified atom stereocenters.